The van der Waals surface area contributed by atoms with Gasteiger partial charge in [-0.3, -0.25) is 4.79 Å². The minimum Gasteiger partial charge on any atom is -0.356 e. The zero-order chi connectivity index (χ0) is 11.5. The number of rotatable bonds is 4. The third-order valence-electron chi connectivity index (χ3n) is 4.37. The van der Waals surface area contributed by atoms with E-state index < -0.39 is 0 Å². The van der Waals surface area contributed by atoms with Crippen molar-refractivity contribution in [2.24, 2.45) is 29.4 Å². The number of hydrogen-bond acceptors (Lipinski definition) is 2. The zero-order valence-corrected chi connectivity index (χ0v) is 10.2. The molecule has 2 saturated carbocycles. The molecular weight excluding hydrogens is 200 g/mol. The van der Waals surface area contributed by atoms with Crippen LogP contribution in [0.15, 0.2) is 0 Å². The highest BCUT2D eigenvalue weighted by Gasteiger charge is 2.33. The van der Waals surface area contributed by atoms with Crippen molar-refractivity contribution in [1.82, 2.24) is 5.32 Å². The van der Waals surface area contributed by atoms with Gasteiger partial charge in [0.25, 0.3) is 0 Å². The SMILES string of the molecule is CC1CC1CNC(=O)C1CCC(CN)CC1. The summed E-state index contributed by atoms with van der Waals surface area (Å²) in [5, 5.41) is 3.11. The summed E-state index contributed by atoms with van der Waals surface area (Å²) in [7, 11) is 0. The first-order chi connectivity index (χ1) is 7.70. The Hall–Kier alpha value is -0.570. The Balaban J connectivity index is 1.65. The number of carbonyl (C=O) groups excluding carboxylic acids is 1. The largest absolute Gasteiger partial charge is 0.356 e. The molecule has 0 radical (unpaired) electrons. The van der Waals surface area contributed by atoms with E-state index in [1.807, 2.05) is 0 Å². The molecule has 0 aliphatic heterocycles. The molecule has 0 aromatic rings. The van der Waals surface area contributed by atoms with Crippen molar-refractivity contribution in [3.05, 3.63) is 0 Å². The molecule has 3 N–H and O–H groups in total. The van der Waals surface area contributed by atoms with E-state index in [4.69, 9.17) is 5.73 Å². The van der Waals surface area contributed by atoms with Crippen LogP contribution in [0.5, 0.6) is 0 Å². The van der Waals surface area contributed by atoms with E-state index in [1.54, 1.807) is 0 Å². The predicted octanol–water partition coefficient (Wildman–Crippen LogP) is 1.52. The Morgan fingerprint density at radius 3 is 2.44 bits per heavy atom. The van der Waals surface area contributed by atoms with Crippen LogP contribution < -0.4 is 11.1 Å². The van der Waals surface area contributed by atoms with Crippen LogP contribution in [0.2, 0.25) is 0 Å². The van der Waals surface area contributed by atoms with Gasteiger partial charge in [0.05, 0.1) is 0 Å². The highest BCUT2D eigenvalue weighted by Crippen LogP contribution is 2.37. The molecule has 2 atom stereocenters. The van der Waals surface area contributed by atoms with Gasteiger partial charge in [-0.1, -0.05) is 6.92 Å². The van der Waals surface area contributed by atoms with E-state index in [1.165, 1.54) is 6.42 Å². The van der Waals surface area contributed by atoms with Crippen molar-refractivity contribution in [1.29, 1.82) is 0 Å². The Kier molecular flexibility index (Phi) is 3.85. The van der Waals surface area contributed by atoms with Crippen molar-refractivity contribution in [3.63, 3.8) is 0 Å². The maximum Gasteiger partial charge on any atom is 0.223 e. The van der Waals surface area contributed by atoms with Gasteiger partial charge < -0.3 is 11.1 Å². The van der Waals surface area contributed by atoms with Crippen LogP contribution >= 0.6 is 0 Å². The molecule has 0 heterocycles. The van der Waals surface area contributed by atoms with Gasteiger partial charge in [-0.15, -0.1) is 0 Å². The lowest BCUT2D eigenvalue weighted by atomic mass is 9.81. The quantitative estimate of drug-likeness (QED) is 0.761. The summed E-state index contributed by atoms with van der Waals surface area (Å²) in [5.41, 5.74) is 5.65. The molecule has 2 fully saturated rings. The second-order valence-electron chi connectivity index (χ2n) is 5.67. The molecule has 16 heavy (non-hydrogen) atoms. The first-order valence-corrected chi connectivity index (χ1v) is 6.68. The molecule has 3 nitrogen and oxygen atoms in total. The molecule has 0 saturated heterocycles. The Labute approximate surface area is 98.2 Å². The van der Waals surface area contributed by atoms with E-state index in [0.29, 0.717) is 5.92 Å². The van der Waals surface area contributed by atoms with Gasteiger partial charge >= 0.3 is 0 Å². The third-order valence-corrected chi connectivity index (χ3v) is 4.37. The summed E-state index contributed by atoms with van der Waals surface area (Å²) in [6, 6.07) is 0. The molecule has 2 rings (SSSR count). The van der Waals surface area contributed by atoms with Gasteiger partial charge in [-0.25, -0.2) is 0 Å². The lowest BCUT2D eigenvalue weighted by Gasteiger charge is -2.26. The average molecular weight is 224 g/mol. The van der Waals surface area contributed by atoms with Gasteiger partial charge in [0.15, 0.2) is 0 Å². The Morgan fingerprint density at radius 1 is 1.31 bits per heavy atom. The Bertz CT molecular complexity index is 246. The summed E-state index contributed by atoms with van der Waals surface area (Å²) >= 11 is 0. The first kappa shape index (κ1) is 11.9. The van der Waals surface area contributed by atoms with Crippen LogP contribution in [-0.2, 0) is 4.79 Å². The molecule has 0 aromatic carbocycles. The molecule has 2 aliphatic carbocycles. The molecule has 1 amide bonds. The van der Waals surface area contributed by atoms with E-state index in [0.717, 1.165) is 50.6 Å². The lowest BCUT2D eigenvalue weighted by Crippen LogP contribution is -2.35. The first-order valence-electron chi connectivity index (χ1n) is 6.68. The van der Waals surface area contributed by atoms with E-state index >= 15 is 0 Å². The van der Waals surface area contributed by atoms with E-state index in [-0.39, 0.29) is 11.8 Å². The molecular formula is C13H24N2O. The van der Waals surface area contributed by atoms with Gasteiger partial charge in [0.2, 0.25) is 5.91 Å². The van der Waals surface area contributed by atoms with Crippen LogP contribution in [0.3, 0.4) is 0 Å². The standard InChI is InChI=1S/C13H24N2O/c1-9-6-12(9)8-15-13(16)11-4-2-10(7-14)3-5-11/h9-12H,2-8,14H2,1H3,(H,15,16). The smallest absolute Gasteiger partial charge is 0.223 e. The topological polar surface area (TPSA) is 55.1 Å². The highest BCUT2D eigenvalue weighted by molar-refractivity contribution is 5.78. The van der Waals surface area contributed by atoms with Crippen LogP contribution in [0.25, 0.3) is 0 Å². The van der Waals surface area contributed by atoms with Gasteiger partial charge in [-0.2, -0.15) is 0 Å². The van der Waals surface area contributed by atoms with Crippen LogP contribution in [0.4, 0.5) is 0 Å². The summed E-state index contributed by atoms with van der Waals surface area (Å²) < 4.78 is 0. The summed E-state index contributed by atoms with van der Waals surface area (Å²) in [6.45, 7) is 3.94. The minimum absolute atomic E-state index is 0.261. The highest BCUT2D eigenvalue weighted by atomic mass is 16.1. The van der Waals surface area contributed by atoms with Crippen molar-refractivity contribution in [3.8, 4) is 0 Å². The van der Waals surface area contributed by atoms with Crippen LogP contribution in [0, 0.1) is 23.7 Å². The minimum atomic E-state index is 0.261. The fourth-order valence-corrected chi connectivity index (χ4v) is 2.72. The van der Waals surface area contributed by atoms with E-state index in [2.05, 4.69) is 12.2 Å². The van der Waals surface area contributed by atoms with Crippen molar-refractivity contribution >= 4 is 5.91 Å². The second-order valence-corrected chi connectivity index (χ2v) is 5.67. The number of nitrogens with one attached hydrogen (secondary N) is 1. The molecule has 92 valence electrons. The van der Waals surface area contributed by atoms with Crippen LogP contribution in [-0.4, -0.2) is 19.0 Å². The van der Waals surface area contributed by atoms with Crippen molar-refractivity contribution in [2.45, 2.75) is 39.0 Å². The Morgan fingerprint density at radius 2 is 1.94 bits per heavy atom. The molecule has 2 aliphatic rings. The van der Waals surface area contributed by atoms with Crippen molar-refractivity contribution in [2.75, 3.05) is 13.1 Å². The van der Waals surface area contributed by atoms with Gasteiger partial charge in [-0.05, 0) is 56.4 Å². The monoisotopic (exact) mass is 224 g/mol. The molecule has 3 heteroatoms. The molecule has 0 aromatic heterocycles. The zero-order valence-electron chi connectivity index (χ0n) is 10.2. The van der Waals surface area contributed by atoms with Gasteiger partial charge in [0, 0.05) is 12.5 Å². The van der Waals surface area contributed by atoms with Crippen LogP contribution in [0.1, 0.15) is 39.0 Å². The number of nitrogens with two attached hydrogens (primary N) is 1. The maximum atomic E-state index is 11.9. The normalized spacial score (nSPS) is 38.1. The van der Waals surface area contributed by atoms with Crippen molar-refractivity contribution < 1.29 is 4.79 Å². The predicted molar refractivity (Wildman–Crippen MR) is 64.8 cm³/mol. The number of carbonyl (C=O) groups is 1. The molecule has 0 spiro atoms. The fraction of sp³-hybridized carbons (Fsp3) is 0.923. The molecule has 0 bridgehead atoms. The molecule has 2 unspecified atom stereocenters. The average Bonchev–Trinajstić information content (AvgIpc) is 3.02. The lowest BCUT2D eigenvalue weighted by molar-refractivity contribution is -0.126. The maximum absolute atomic E-state index is 11.9. The third kappa shape index (κ3) is 2.97. The van der Waals surface area contributed by atoms with E-state index in [9.17, 15) is 4.79 Å². The second kappa shape index (κ2) is 5.17. The van der Waals surface area contributed by atoms with Gasteiger partial charge in [0.1, 0.15) is 0 Å². The summed E-state index contributed by atoms with van der Waals surface area (Å²) in [4.78, 5) is 11.9. The number of amides is 1. The number of hydrogen-bond donors (Lipinski definition) is 2. The summed E-state index contributed by atoms with van der Waals surface area (Å²) in [5.74, 6) is 2.79. The fourth-order valence-electron chi connectivity index (χ4n) is 2.72. The summed E-state index contributed by atoms with van der Waals surface area (Å²) in [6.07, 6.45) is 5.63.